The molecule has 6 heteroatoms. The summed E-state index contributed by atoms with van der Waals surface area (Å²) in [6.45, 7) is 4.05. The molecule has 0 fully saturated rings. The van der Waals surface area contributed by atoms with E-state index < -0.39 is 5.41 Å². The summed E-state index contributed by atoms with van der Waals surface area (Å²) in [6.07, 6.45) is 8.71. The molecule has 0 bridgehead atoms. The smallest absolute Gasteiger partial charge is 0.176 e. The van der Waals surface area contributed by atoms with E-state index in [9.17, 15) is 10.1 Å². The fourth-order valence-electron chi connectivity index (χ4n) is 4.63. The average molecular weight is 333 g/mol. The summed E-state index contributed by atoms with van der Waals surface area (Å²) in [5, 5.41) is 14.2. The van der Waals surface area contributed by atoms with Gasteiger partial charge >= 0.3 is 0 Å². The number of Topliss-reactive ketones (excluding diaryl/α,β-unsaturated/α-hetero) is 1. The summed E-state index contributed by atoms with van der Waals surface area (Å²) < 4.78 is 1.87. The molecular formula is C19H19N5O. The second-order valence-corrected chi connectivity index (χ2v) is 7.18. The molecular weight excluding hydrogens is 314 g/mol. The number of rotatable bonds is 1. The molecule has 0 N–H and O–H groups in total. The fourth-order valence-corrected chi connectivity index (χ4v) is 4.63. The highest BCUT2D eigenvalue weighted by molar-refractivity contribution is 6.02. The van der Waals surface area contributed by atoms with Crippen LogP contribution in [-0.4, -0.2) is 25.5 Å². The summed E-state index contributed by atoms with van der Waals surface area (Å²) in [5.74, 6) is -0.0382. The number of ketones is 1. The molecule has 25 heavy (non-hydrogen) atoms. The zero-order valence-corrected chi connectivity index (χ0v) is 14.5. The molecule has 6 nitrogen and oxygen atoms in total. The number of aryl methyl sites for hydroxylation is 1. The van der Waals surface area contributed by atoms with Crippen LogP contribution in [0.2, 0.25) is 0 Å². The molecule has 0 aliphatic heterocycles. The van der Waals surface area contributed by atoms with E-state index in [-0.39, 0.29) is 23.2 Å². The van der Waals surface area contributed by atoms with Crippen molar-refractivity contribution in [3.63, 3.8) is 0 Å². The minimum atomic E-state index is -0.405. The van der Waals surface area contributed by atoms with Gasteiger partial charge in [0.15, 0.2) is 5.78 Å². The van der Waals surface area contributed by atoms with Crippen LogP contribution < -0.4 is 0 Å². The van der Waals surface area contributed by atoms with Gasteiger partial charge in [0.25, 0.3) is 0 Å². The molecule has 0 saturated heterocycles. The molecule has 0 saturated carbocycles. The Morgan fingerprint density at radius 1 is 1.36 bits per heavy atom. The van der Waals surface area contributed by atoms with Crippen LogP contribution in [0.15, 0.2) is 30.4 Å². The van der Waals surface area contributed by atoms with E-state index in [0.29, 0.717) is 0 Å². The summed E-state index contributed by atoms with van der Waals surface area (Å²) in [4.78, 5) is 20.7. The molecule has 3 atom stereocenters. The first kappa shape index (κ1) is 15.7. The lowest BCUT2D eigenvalue weighted by molar-refractivity contribution is -0.121. The maximum absolute atomic E-state index is 12.4. The number of hydrogen-bond donors (Lipinski definition) is 0. The molecule has 0 spiro atoms. The zero-order chi connectivity index (χ0) is 17.8. The number of carbonyl (C=O) groups is 1. The first-order chi connectivity index (χ1) is 12.0. The Bertz CT molecular complexity index is 937. The van der Waals surface area contributed by atoms with Crippen molar-refractivity contribution in [3.05, 3.63) is 41.6 Å². The molecule has 0 amide bonds. The molecule has 0 radical (unpaired) electrons. The molecule has 126 valence electrons. The first-order valence-electron chi connectivity index (χ1n) is 8.46. The number of aromatic nitrogens is 4. The monoisotopic (exact) mass is 333 g/mol. The predicted octanol–water partition coefficient (Wildman–Crippen LogP) is 2.37. The molecule has 2 aromatic rings. The Kier molecular flexibility index (Phi) is 3.36. The van der Waals surface area contributed by atoms with Crippen molar-refractivity contribution in [3.8, 4) is 17.3 Å². The second kappa shape index (κ2) is 5.35. The van der Waals surface area contributed by atoms with Crippen molar-refractivity contribution >= 4 is 5.78 Å². The van der Waals surface area contributed by atoms with Gasteiger partial charge in [-0.3, -0.25) is 9.48 Å². The van der Waals surface area contributed by atoms with Gasteiger partial charge in [-0.1, -0.05) is 19.9 Å². The largest absolute Gasteiger partial charge is 0.293 e. The Labute approximate surface area is 146 Å². The average Bonchev–Trinajstić information content (AvgIpc) is 2.96. The lowest BCUT2D eigenvalue weighted by Gasteiger charge is -2.44. The Balaban J connectivity index is 1.94. The number of carbonyl (C=O) groups excluding carboxylic acids is 1. The molecule has 0 aromatic carbocycles. The van der Waals surface area contributed by atoms with Crippen molar-refractivity contribution in [2.24, 2.45) is 18.9 Å². The minimum absolute atomic E-state index is 0.0407. The van der Waals surface area contributed by atoms with Gasteiger partial charge in [0.1, 0.15) is 12.4 Å². The Hall–Kier alpha value is -2.81. The van der Waals surface area contributed by atoms with Gasteiger partial charge in [-0.15, -0.1) is 0 Å². The van der Waals surface area contributed by atoms with Crippen molar-refractivity contribution in [2.75, 3.05) is 0 Å². The van der Waals surface area contributed by atoms with Gasteiger partial charge in [-0.05, 0) is 18.8 Å². The first-order valence-corrected chi connectivity index (χ1v) is 8.46. The summed E-state index contributed by atoms with van der Waals surface area (Å²) >= 11 is 0. The fraction of sp³-hybridized carbons (Fsp3) is 0.421. The van der Waals surface area contributed by atoms with Gasteiger partial charge in [0.2, 0.25) is 0 Å². The number of hydrogen-bond acceptors (Lipinski definition) is 5. The van der Waals surface area contributed by atoms with E-state index in [4.69, 9.17) is 5.10 Å². The van der Waals surface area contributed by atoms with Crippen LogP contribution in [0.25, 0.3) is 11.3 Å². The summed E-state index contributed by atoms with van der Waals surface area (Å²) in [7, 11) is 1.92. The Morgan fingerprint density at radius 2 is 2.08 bits per heavy atom. The third kappa shape index (κ3) is 2.08. The number of allylic oxidation sites excluding steroid dienone is 2. The van der Waals surface area contributed by atoms with Gasteiger partial charge in [-0.2, -0.15) is 10.4 Å². The number of nitrogens with zero attached hydrogens (tertiary/aromatic N) is 5. The van der Waals surface area contributed by atoms with E-state index in [2.05, 4.69) is 23.0 Å². The number of nitriles is 1. The van der Waals surface area contributed by atoms with Crippen LogP contribution in [-0.2, 0) is 23.7 Å². The Morgan fingerprint density at radius 3 is 2.76 bits per heavy atom. The maximum Gasteiger partial charge on any atom is 0.176 e. The third-order valence-corrected chi connectivity index (χ3v) is 5.81. The van der Waals surface area contributed by atoms with Crippen LogP contribution in [0, 0.1) is 23.2 Å². The van der Waals surface area contributed by atoms with Gasteiger partial charge in [-0.25, -0.2) is 9.97 Å². The molecule has 4 rings (SSSR count). The third-order valence-electron chi connectivity index (χ3n) is 5.81. The summed E-state index contributed by atoms with van der Waals surface area (Å²) in [5.41, 5.74) is 3.95. The van der Waals surface area contributed by atoms with Crippen LogP contribution in [0.1, 0.15) is 31.5 Å². The van der Waals surface area contributed by atoms with Crippen LogP contribution in [0.4, 0.5) is 0 Å². The highest BCUT2D eigenvalue weighted by atomic mass is 16.1. The standard InChI is InChI=1S/C19H19N5O/c1-11-15-5-4-14-16(13-8-21-10-22-9-13)24(3)23-18(14)19(15,2)6-12(7-20)17(11)25/h6,8-11,15H,4-5H2,1-3H3. The topological polar surface area (TPSA) is 84.5 Å². The van der Waals surface area contributed by atoms with Crippen LogP contribution >= 0.6 is 0 Å². The molecule has 2 aliphatic rings. The summed E-state index contributed by atoms with van der Waals surface area (Å²) in [6, 6.07) is 2.08. The maximum atomic E-state index is 12.4. The predicted molar refractivity (Wildman–Crippen MR) is 91.3 cm³/mol. The normalized spacial score (nSPS) is 27.9. The van der Waals surface area contributed by atoms with Crippen LogP contribution in [0.5, 0.6) is 0 Å². The van der Waals surface area contributed by atoms with Crippen molar-refractivity contribution in [2.45, 2.75) is 32.1 Å². The number of fused-ring (bicyclic) bond motifs is 3. The van der Waals surface area contributed by atoms with Crippen molar-refractivity contribution in [1.82, 2.24) is 19.7 Å². The lowest BCUT2D eigenvalue weighted by atomic mass is 9.58. The molecule has 2 aliphatic carbocycles. The van der Waals surface area contributed by atoms with Gasteiger partial charge < -0.3 is 0 Å². The van der Waals surface area contributed by atoms with Gasteiger partial charge in [0, 0.05) is 41.9 Å². The van der Waals surface area contributed by atoms with E-state index in [1.165, 1.54) is 11.9 Å². The quantitative estimate of drug-likeness (QED) is 0.800. The lowest BCUT2D eigenvalue weighted by Crippen LogP contribution is -2.45. The SMILES string of the molecule is CC1C(=O)C(C#N)=CC2(C)c3nn(C)c(-c4cncnc4)c3CCC12. The van der Waals surface area contributed by atoms with E-state index >= 15 is 0 Å². The highest BCUT2D eigenvalue weighted by Gasteiger charge is 2.50. The second-order valence-electron chi connectivity index (χ2n) is 7.18. The highest BCUT2D eigenvalue weighted by Crippen LogP contribution is 2.50. The van der Waals surface area contributed by atoms with Crippen molar-refractivity contribution < 1.29 is 4.79 Å². The zero-order valence-electron chi connectivity index (χ0n) is 14.5. The molecule has 2 aromatic heterocycles. The van der Waals surface area contributed by atoms with Gasteiger partial charge in [0.05, 0.1) is 17.0 Å². The molecule has 3 unspecified atom stereocenters. The van der Waals surface area contributed by atoms with E-state index in [1.807, 2.05) is 24.7 Å². The van der Waals surface area contributed by atoms with E-state index in [1.54, 1.807) is 12.4 Å². The van der Waals surface area contributed by atoms with Crippen LogP contribution in [0.3, 0.4) is 0 Å². The minimum Gasteiger partial charge on any atom is -0.293 e. The van der Waals surface area contributed by atoms with E-state index in [0.717, 1.165) is 29.8 Å². The van der Waals surface area contributed by atoms with Crippen molar-refractivity contribution in [1.29, 1.82) is 5.26 Å². The molecule has 2 heterocycles.